The average molecular weight is 339 g/mol. The molecule has 1 aliphatic carbocycles. The van der Waals surface area contributed by atoms with Crippen molar-refractivity contribution in [1.82, 2.24) is 15.3 Å². The van der Waals surface area contributed by atoms with E-state index < -0.39 is 23.5 Å². The number of nitrogens with one attached hydrogen (secondary N) is 1. The van der Waals surface area contributed by atoms with Crippen LogP contribution in [0.4, 0.5) is 13.2 Å². The summed E-state index contributed by atoms with van der Waals surface area (Å²) in [6.45, 7) is 2.79. The van der Waals surface area contributed by atoms with Gasteiger partial charge in [-0.1, -0.05) is 0 Å². The first-order valence-corrected chi connectivity index (χ1v) is 7.48. The van der Waals surface area contributed by atoms with E-state index in [1.54, 1.807) is 25.3 Å². The topological polar surface area (TPSA) is 68.0 Å². The highest BCUT2D eigenvalue weighted by atomic mass is 19.4. The second kappa shape index (κ2) is 5.61. The molecule has 24 heavy (non-hydrogen) atoms. The molecule has 5 nitrogen and oxygen atoms in total. The second-order valence-electron chi connectivity index (χ2n) is 6.15. The number of oxazole rings is 1. The summed E-state index contributed by atoms with van der Waals surface area (Å²) in [4.78, 5) is 20.2. The lowest BCUT2D eigenvalue weighted by Gasteiger charge is -2.32. The number of alkyl halides is 3. The summed E-state index contributed by atoms with van der Waals surface area (Å²) in [7, 11) is 0. The third-order valence-electron chi connectivity index (χ3n) is 4.24. The van der Waals surface area contributed by atoms with Crippen LogP contribution in [0.15, 0.2) is 29.0 Å². The molecule has 2 aromatic rings. The van der Waals surface area contributed by atoms with Gasteiger partial charge in [-0.05, 0) is 44.7 Å². The first-order valence-electron chi connectivity index (χ1n) is 7.48. The first kappa shape index (κ1) is 16.5. The van der Waals surface area contributed by atoms with Crippen molar-refractivity contribution in [2.75, 3.05) is 0 Å². The van der Waals surface area contributed by atoms with E-state index in [1.165, 1.54) is 0 Å². The lowest BCUT2D eigenvalue weighted by atomic mass is 9.94. The Kier molecular flexibility index (Phi) is 3.85. The highest BCUT2D eigenvalue weighted by molar-refractivity contribution is 5.93. The van der Waals surface area contributed by atoms with E-state index in [4.69, 9.17) is 4.42 Å². The molecule has 0 aliphatic heterocycles. The monoisotopic (exact) mass is 339 g/mol. The smallest absolute Gasteiger partial charge is 0.411 e. The number of aryl methyl sites for hydroxylation is 1. The Morgan fingerprint density at radius 2 is 2.08 bits per heavy atom. The van der Waals surface area contributed by atoms with Crippen molar-refractivity contribution in [3.63, 3.8) is 0 Å². The van der Waals surface area contributed by atoms with Crippen LogP contribution >= 0.6 is 0 Å². The fourth-order valence-electron chi connectivity index (χ4n) is 2.55. The van der Waals surface area contributed by atoms with Crippen LogP contribution in [0, 0.1) is 12.8 Å². The zero-order valence-electron chi connectivity index (χ0n) is 13.1. The number of amides is 1. The fourth-order valence-corrected chi connectivity index (χ4v) is 2.55. The molecule has 1 fully saturated rings. The zero-order valence-corrected chi connectivity index (χ0v) is 13.1. The van der Waals surface area contributed by atoms with Crippen LogP contribution in [0.3, 0.4) is 0 Å². The zero-order chi connectivity index (χ0) is 17.5. The van der Waals surface area contributed by atoms with E-state index in [9.17, 15) is 18.0 Å². The summed E-state index contributed by atoms with van der Waals surface area (Å²) in [6, 6.07) is 3.35. The van der Waals surface area contributed by atoms with Gasteiger partial charge in [0, 0.05) is 17.5 Å². The van der Waals surface area contributed by atoms with Crippen molar-refractivity contribution in [2.45, 2.75) is 38.4 Å². The molecular formula is C16H16F3N3O2. The van der Waals surface area contributed by atoms with Crippen LogP contribution in [-0.2, 0) is 0 Å². The number of pyridine rings is 1. The lowest BCUT2D eigenvalue weighted by Crippen LogP contribution is -2.58. The van der Waals surface area contributed by atoms with Crippen LogP contribution in [0.2, 0.25) is 0 Å². The van der Waals surface area contributed by atoms with Gasteiger partial charge in [0.1, 0.15) is 11.8 Å². The largest absolute Gasteiger partial charge is 0.444 e. The Hall–Kier alpha value is -2.38. The molecule has 128 valence electrons. The molecule has 0 saturated heterocycles. The number of rotatable bonds is 4. The predicted octanol–water partition coefficient (Wildman–Crippen LogP) is 3.51. The molecule has 1 saturated carbocycles. The van der Waals surface area contributed by atoms with Crippen molar-refractivity contribution >= 4 is 5.91 Å². The van der Waals surface area contributed by atoms with E-state index >= 15 is 0 Å². The van der Waals surface area contributed by atoms with Gasteiger partial charge in [0.15, 0.2) is 5.69 Å². The van der Waals surface area contributed by atoms with Gasteiger partial charge in [0.05, 0.1) is 0 Å². The summed E-state index contributed by atoms with van der Waals surface area (Å²) in [5.41, 5.74) is -1.11. The Morgan fingerprint density at radius 1 is 1.38 bits per heavy atom. The van der Waals surface area contributed by atoms with Crippen LogP contribution in [-0.4, -0.2) is 27.6 Å². The molecule has 1 aliphatic rings. The standard InChI is InChI=1S/C16H16F3N3O2/c1-9-7-10(5-6-20-9)14-21-12(8-24-14)13(23)22-15(2,11-3-4-11)16(17,18)19/h5-8,11H,3-4H2,1-2H3,(H,22,23). The summed E-state index contributed by atoms with van der Waals surface area (Å²) >= 11 is 0. The maximum atomic E-state index is 13.3. The number of aromatic nitrogens is 2. The van der Waals surface area contributed by atoms with Crippen LogP contribution < -0.4 is 5.32 Å². The molecule has 1 N–H and O–H groups in total. The number of carbonyl (C=O) groups excluding carboxylic acids is 1. The van der Waals surface area contributed by atoms with Crippen LogP contribution in [0.1, 0.15) is 35.9 Å². The molecule has 1 amide bonds. The van der Waals surface area contributed by atoms with Crippen LogP contribution in [0.25, 0.3) is 11.5 Å². The van der Waals surface area contributed by atoms with Crippen LogP contribution in [0.5, 0.6) is 0 Å². The third kappa shape index (κ3) is 3.00. The van der Waals surface area contributed by atoms with Gasteiger partial charge in [0.2, 0.25) is 5.89 Å². The average Bonchev–Trinajstić information content (AvgIpc) is 3.23. The molecular weight excluding hydrogens is 323 g/mol. The molecule has 1 unspecified atom stereocenters. The van der Waals surface area contributed by atoms with Crippen molar-refractivity contribution in [3.05, 3.63) is 36.0 Å². The van der Waals surface area contributed by atoms with Gasteiger partial charge >= 0.3 is 6.18 Å². The summed E-state index contributed by atoms with van der Waals surface area (Å²) in [6.07, 6.45) is -1.03. The minimum absolute atomic E-state index is 0.158. The minimum Gasteiger partial charge on any atom is -0.444 e. The Bertz CT molecular complexity index is 768. The Morgan fingerprint density at radius 3 is 2.67 bits per heavy atom. The molecule has 0 radical (unpaired) electrons. The predicted molar refractivity (Wildman–Crippen MR) is 79.1 cm³/mol. The van der Waals surface area contributed by atoms with Gasteiger partial charge in [-0.3, -0.25) is 9.78 Å². The highest BCUT2D eigenvalue weighted by Gasteiger charge is 2.60. The minimum atomic E-state index is -4.53. The van der Waals surface area contributed by atoms with Gasteiger partial charge in [0.25, 0.3) is 5.91 Å². The first-order chi connectivity index (χ1) is 11.2. The molecule has 1 atom stereocenters. The normalized spacial score (nSPS) is 17.4. The van der Waals surface area contributed by atoms with Gasteiger partial charge < -0.3 is 9.73 Å². The Balaban J connectivity index is 1.81. The number of hydrogen-bond donors (Lipinski definition) is 1. The molecule has 0 aromatic carbocycles. The van der Waals surface area contributed by atoms with E-state index in [0.717, 1.165) is 18.9 Å². The molecule has 0 spiro atoms. The Labute approximate surface area is 136 Å². The SMILES string of the molecule is Cc1cc(-c2nc(C(=O)NC(C)(C3CC3)C(F)(F)F)co2)ccn1. The maximum Gasteiger partial charge on any atom is 0.411 e. The number of carbonyl (C=O) groups is 1. The summed E-state index contributed by atoms with van der Waals surface area (Å²) in [5, 5.41) is 2.09. The van der Waals surface area contributed by atoms with Crippen molar-refractivity contribution in [2.24, 2.45) is 5.92 Å². The molecule has 8 heteroatoms. The second-order valence-corrected chi connectivity index (χ2v) is 6.15. The molecule has 0 bridgehead atoms. The highest BCUT2D eigenvalue weighted by Crippen LogP contribution is 2.48. The van der Waals surface area contributed by atoms with Gasteiger partial charge in [-0.25, -0.2) is 4.98 Å². The van der Waals surface area contributed by atoms with Crippen molar-refractivity contribution in [3.8, 4) is 11.5 Å². The molecule has 2 aromatic heterocycles. The quantitative estimate of drug-likeness (QED) is 0.926. The van der Waals surface area contributed by atoms with Crippen molar-refractivity contribution < 1.29 is 22.4 Å². The molecule has 2 heterocycles. The van der Waals surface area contributed by atoms with Crippen molar-refractivity contribution in [1.29, 1.82) is 0 Å². The van der Waals surface area contributed by atoms with E-state index in [2.05, 4.69) is 15.3 Å². The number of hydrogen-bond acceptors (Lipinski definition) is 4. The van der Waals surface area contributed by atoms with E-state index in [0.29, 0.717) is 18.4 Å². The van der Waals surface area contributed by atoms with Gasteiger partial charge in [-0.2, -0.15) is 13.2 Å². The summed E-state index contributed by atoms with van der Waals surface area (Å²) < 4.78 is 45.2. The number of nitrogens with zero attached hydrogens (tertiary/aromatic N) is 2. The van der Waals surface area contributed by atoms with Gasteiger partial charge in [-0.15, -0.1) is 0 Å². The third-order valence-corrected chi connectivity index (χ3v) is 4.24. The fraction of sp³-hybridized carbons (Fsp3) is 0.438. The van der Waals surface area contributed by atoms with E-state index in [-0.39, 0.29) is 11.6 Å². The lowest BCUT2D eigenvalue weighted by molar-refractivity contribution is -0.194. The molecule has 3 rings (SSSR count). The van der Waals surface area contributed by atoms with E-state index in [1.807, 2.05) is 0 Å². The summed E-state index contributed by atoms with van der Waals surface area (Å²) in [5.74, 6) is -1.34. The maximum absolute atomic E-state index is 13.3. The number of halogens is 3.